The number of allylic oxidation sites excluding steroid dienone is 1. The molecule has 1 fully saturated rings. The maximum Gasteiger partial charge on any atom is 0.272 e. The summed E-state index contributed by atoms with van der Waals surface area (Å²) in [6, 6.07) is 8.58. The van der Waals surface area contributed by atoms with E-state index in [1.165, 1.54) is 4.90 Å². The predicted octanol–water partition coefficient (Wildman–Crippen LogP) is 6.34. The summed E-state index contributed by atoms with van der Waals surface area (Å²) in [5.74, 6) is -2.05. The fraction of sp³-hybridized carbons (Fsp3) is 0.500. The zero-order valence-corrected chi connectivity index (χ0v) is 41.6. The highest BCUT2D eigenvalue weighted by molar-refractivity contribution is 6.05. The number of amides is 8. The summed E-state index contributed by atoms with van der Waals surface area (Å²) in [6.07, 6.45) is 13.6. The minimum absolute atomic E-state index is 0.0836. The van der Waals surface area contributed by atoms with Gasteiger partial charge in [-0.2, -0.15) is 0 Å². The molecular formula is C52H71N9O8. The largest absolute Gasteiger partial charge is 0.348 e. The Morgan fingerprint density at radius 3 is 2.00 bits per heavy atom. The van der Waals surface area contributed by atoms with Crippen molar-refractivity contribution in [2.45, 2.75) is 124 Å². The van der Waals surface area contributed by atoms with Crippen molar-refractivity contribution >= 4 is 58.6 Å². The van der Waals surface area contributed by atoms with Gasteiger partial charge in [0.2, 0.25) is 35.4 Å². The van der Waals surface area contributed by atoms with Crippen LogP contribution in [0.4, 0.5) is 11.4 Å². The van der Waals surface area contributed by atoms with Gasteiger partial charge in [-0.3, -0.25) is 43.3 Å². The van der Waals surface area contributed by atoms with Crippen LogP contribution in [-0.2, 0) is 42.9 Å². The number of imide groups is 1. The van der Waals surface area contributed by atoms with E-state index in [0.717, 1.165) is 24.0 Å². The lowest BCUT2D eigenvalue weighted by Crippen LogP contribution is -2.55. The summed E-state index contributed by atoms with van der Waals surface area (Å²) >= 11 is 0. The van der Waals surface area contributed by atoms with Crippen LogP contribution >= 0.6 is 0 Å². The summed E-state index contributed by atoms with van der Waals surface area (Å²) in [4.78, 5) is 104. The molecule has 3 heterocycles. The number of carbonyl (C=O) groups is 8. The van der Waals surface area contributed by atoms with Gasteiger partial charge in [0.1, 0.15) is 23.5 Å². The predicted molar refractivity (Wildman–Crippen MR) is 265 cm³/mol. The first-order chi connectivity index (χ1) is 32.7. The summed E-state index contributed by atoms with van der Waals surface area (Å²) in [7, 11) is 3.52. The highest BCUT2D eigenvalue weighted by atomic mass is 16.2. The summed E-state index contributed by atoms with van der Waals surface area (Å²) in [5, 5.41) is 17.1. The molecule has 5 rings (SSSR count). The van der Waals surface area contributed by atoms with Crippen LogP contribution in [0.2, 0.25) is 0 Å². The number of anilines is 2. The molecule has 17 nitrogen and oxygen atoms in total. The first kappa shape index (κ1) is 53.2. The Balaban J connectivity index is 1.03. The van der Waals surface area contributed by atoms with Gasteiger partial charge in [0.25, 0.3) is 11.8 Å². The van der Waals surface area contributed by atoms with Gasteiger partial charge >= 0.3 is 0 Å². The summed E-state index contributed by atoms with van der Waals surface area (Å²) in [5.41, 5.74) is 4.16. The number of benzene rings is 1. The third-order valence-corrected chi connectivity index (χ3v) is 12.5. The molecule has 2 unspecified atom stereocenters. The maximum absolute atomic E-state index is 13.4. The molecule has 2 aliphatic rings. The molecule has 1 aliphatic heterocycles. The van der Waals surface area contributed by atoms with Crippen molar-refractivity contribution in [3.63, 3.8) is 0 Å². The van der Waals surface area contributed by atoms with Crippen LogP contribution in [0.5, 0.6) is 0 Å². The Morgan fingerprint density at radius 1 is 0.696 bits per heavy atom. The molecule has 17 heteroatoms. The fourth-order valence-electron chi connectivity index (χ4n) is 8.31. The van der Waals surface area contributed by atoms with Crippen LogP contribution in [0.25, 0.3) is 11.1 Å². The number of aromatic nitrogens is 2. The van der Waals surface area contributed by atoms with Crippen LogP contribution in [0, 0.1) is 23.7 Å². The topological polar surface area (TPSA) is 222 Å². The number of hydrogen-bond donors (Lipinski definition) is 6. The highest BCUT2D eigenvalue weighted by Gasteiger charge is 2.39. The average molecular weight is 950 g/mol. The van der Waals surface area contributed by atoms with Crippen molar-refractivity contribution in [3.05, 3.63) is 84.1 Å². The monoisotopic (exact) mass is 950 g/mol. The molecule has 3 aromatic rings. The normalized spacial score (nSPS) is 16.6. The highest BCUT2D eigenvalue weighted by Crippen LogP contribution is 2.27. The van der Waals surface area contributed by atoms with Crippen molar-refractivity contribution in [3.8, 4) is 11.1 Å². The van der Waals surface area contributed by atoms with Crippen molar-refractivity contribution in [1.29, 1.82) is 0 Å². The van der Waals surface area contributed by atoms with Gasteiger partial charge in [-0.1, -0.05) is 78.7 Å². The molecule has 0 bridgehead atoms. The number of nitrogens with zero attached hydrogens (tertiary/aromatic N) is 3. The van der Waals surface area contributed by atoms with Crippen molar-refractivity contribution in [2.24, 2.45) is 37.8 Å². The minimum atomic E-state index is -0.893. The van der Waals surface area contributed by atoms with E-state index in [1.807, 2.05) is 52.1 Å². The Hall–Kier alpha value is -6.78. The van der Waals surface area contributed by atoms with Crippen LogP contribution < -0.4 is 31.9 Å². The van der Waals surface area contributed by atoms with E-state index in [1.54, 1.807) is 72.8 Å². The van der Waals surface area contributed by atoms with Crippen LogP contribution in [0.3, 0.4) is 0 Å². The molecule has 0 saturated carbocycles. The van der Waals surface area contributed by atoms with Gasteiger partial charge in [0, 0.05) is 75.2 Å². The van der Waals surface area contributed by atoms with Crippen LogP contribution in [0.1, 0.15) is 127 Å². The number of hydrogen-bond acceptors (Lipinski definition) is 8. The molecule has 69 heavy (non-hydrogen) atoms. The minimum Gasteiger partial charge on any atom is -0.348 e. The molecule has 8 amide bonds. The SMILES string of the molecule is CC(C)CCCC(=O)Nc1cc(C(=O)Nc2ccc(-c3cc(C(=O)NC4=CCC(NC(=O)[C@H](C)NC(=O)[C@@H](NC(=O)CCCCCN5C(=O)CC(C(C)C)C5=O)C(C)C)C=C4)n(C)c3)cc2)n(C)c1. The van der Waals surface area contributed by atoms with Gasteiger partial charge in [-0.15, -0.1) is 0 Å². The Morgan fingerprint density at radius 2 is 1.36 bits per heavy atom. The number of nitrogens with one attached hydrogen (secondary N) is 6. The van der Waals surface area contributed by atoms with Gasteiger partial charge < -0.3 is 41.0 Å². The molecule has 1 aromatic carbocycles. The molecule has 0 spiro atoms. The molecule has 0 radical (unpaired) electrons. The molecule has 6 N–H and O–H groups in total. The van der Waals surface area contributed by atoms with Gasteiger partial charge in [0.05, 0.1) is 11.7 Å². The van der Waals surface area contributed by atoms with Crippen molar-refractivity contribution in [1.82, 2.24) is 35.3 Å². The second-order valence-corrected chi connectivity index (χ2v) is 19.4. The van der Waals surface area contributed by atoms with E-state index < -0.39 is 23.9 Å². The van der Waals surface area contributed by atoms with E-state index in [-0.39, 0.29) is 72.1 Å². The van der Waals surface area contributed by atoms with E-state index >= 15 is 0 Å². The zero-order valence-electron chi connectivity index (χ0n) is 41.6. The van der Waals surface area contributed by atoms with E-state index in [0.29, 0.717) is 73.0 Å². The van der Waals surface area contributed by atoms with Gasteiger partial charge in [0.15, 0.2) is 0 Å². The summed E-state index contributed by atoms with van der Waals surface area (Å²) < 4.78 is 3.40. The quantitative estimate of drug-likeness (QED) is 0.0464. The average Bonchev–Trinajstić information content (AvgIpc) is 3.95. The fourth-order valence-corrected chi connectivity index (χ4v) is 8.31. The number of rotatable bonds is 23. The van der Waals surface area contributed by atoms with Crippen molar-refractivity contribution in [2.75, 3.05) is 17.2 Å². The third-order valence-electron chi connectivity index (χ3n) is 12.5. The van der Waals surface area contributed by atoms with Crippen LogP contribution in [0.15, 0.2) is 72.7 Å². The van der Waals surface area contributed by atoms with Crippen LogP contribution in [-0.4, -0.2) is 86.0 Å². The van der Waals surface area contributed by atoms with E-state index in [2.05, 4.69) is 45.7 Å². The Labute approximate surface area is 405 Å². The van der Waals surface area contributed by atoms with Gasteiger partial charge in [-0.05, 0) is 86.3 Å². The number of likely N-dealkylation sites (tertiary alicyclic amines) is 1. The van der Waals surface area contributed by atoms with E-state index in [4.69, 9.17) is 0 Å². The summed E-state index contributed by atoms with van der Waals surface area (Å²) in [6.45, 7) is 13.6. The smallest absolute Gasteiger partial charge is 0.272 e. The second-order valence-electron chi connectivity index (χ2n) is 19.4. The third kappa shape index (κ3) is 15.1. The lowest BCUT2D eigenvalue weighted by atomic mass is 9.94. The molecule has 372 valence electrons. The first-order valence-corrected chi connectivity index (χ1v) is 24.2. The molecule has 1 aliphatic carbocycles. The molecule has 1 saturated heterocycles. The first-order valence-electron chi connectivity index (χ1n) is 24.2. The number of carbonyl (C=O) groups excluding carboxylic acids is 8. The molecule has 2 aromatic heterocycles. The van der Waals surface area contributed by atoms with E-state index in [9.17, 15) is 38.4 Å². The lowest BCUT2D eigenvalue weighted by Gasteiger charge is -2.25. The van der Waals surface area contributed by atoms with Gasteiger partial charge in [-0.25, -0.2) is 0 Å². The Bertz CT molecular complexity index is 2430. The molecule has 4 atom stereocenters. The number of unbranched alkanes of at least 4 members (excludes halogenated alkanes) is 2. The number of aryl methyl sites for hydroxylation is 2. The second kappa shape index (κ2) is 24.5. The molecular weight excluding hydrogens is 879 g/mol. The Kier molecular flexibility index (Phi) is 18.9. The zero-order chi connectivity index (χ0) is 50.5. The lowest BCUT2D eigenvalue weighted by molar-refractivity contribution is -0.140. The standard InChI is InChI=1S/C52H71N9O8/c1-31(2)14-13-16-44(62)54-40-27-43(60(9)30-40)50(67)56-37-19-17-35(18-20-37)36-26-42(59(8)29-36)49(66)57-39-23-21-38(22-24-39)55-48(65)34(7)53-51(68)47(33(5)6)58-45(63)15-11-10-12-25-61-46(64)28-41(32(3)4)52(61)69/h17-21,23-24,26-27,29-34,38,41,47H,10-16,22,25,28H2,1-9H3,(H,53,68)(H,54,62)(H,55,65)(H,56,67)(H,57,66)(H,58,63)/t34-,38?,41?,47-/m0/s1. The maximum atomic E-state index is 13.4. The van der Waals surface area contributed by atoms with Crippen molar-refractivity contribution < 1.29 is 38.4 Å².